The molecule has 0 spiro atoms. The van der Waals surface area contributed by atoms with Crippen LogP contribution in [0, 0.1) is 13.8 Å². The van der Waals surface area contributed by atoms with Gasteiger partial charge in [0.05, 0.1) is 4.90 Å². The van der Waals surface area contributed by atoms with E-state index in [4.69, 9.17) is 0 Å². The van der Waals surface area contributed by atoms with E-state index in [1.807, 2.05) is 4.72 Å². The molecule has 0 saturated carbocycles. The monoisotopic (exact) mass is 740 g/mol. The number of alkyl halides is 17. The van der Waals surface area contributed by atoms with Crippen molar-refractivity contribution in [2.45, 2.75) is 65.6 Å². The Morgan fingerprint density at radius 2 is 1.09 bits per heavy atom. The number of halogens is 17. The fourth-order valence-corrected chi connectivity index (χ4v) is 4.31. The first-order valence-corrected chi connectivity index (χ1v) is 13.1. The molecule has 2 rings (SSSR count). The largest absolute Gasteiger partial charge is 0.393 e. The Hall–Kier alpha value is -3.31. The van der Waals surface area contributed by atoms with Crippen LogP contribution in [-0.2, 0) is 14.8 Å². The van der Waals surface area contributed by atoms with Crippen molar-refractivity contribution in [2.75, 3.05) is 10.0 Å². The number of anilines is 2. The van der Waals surface area contributed by atoms with Crippen molar-refractivity contribution < 1.29 is 83.5 Å². The molecule has 0 atom stereocenters. The summed E-state index contributed by atoms with van der Waals surface area (Å²) in [4.78, 5) is 18.6. The molecule has 1 amide bonds. The van der Waals surface area contributed by atoms with Crippen LogP contribution in [0.15, 0.2) is 35.2 Å². The van der Waals surface area contributed by atoms with Gasteiger partial charge in [-0.3, -0.25) is 9.52 Å². The lowest BCUT2D eigenvalue weighted by Crippen LogP contribution is -2.75. The van der Waals surface area contributed by atoms with E-state index in [-0.39, 0.29) is 17.3 Å². The second-order valence-electron chi connectivity index (χ2n) is 9.04. The third kappa shape index (κ3) is 6.08. The van der Waals surface area contributed by atoms with Gasteiger partial charge in [-0.1, -0.05) is 0 Å². The Morgan fingerprint density at radius 3 is 1.50 bits per heavy atom. The molecule has 1 aromatic carbocycles. The van der Waals surface area contributed by atoms with Crippen molar-refractivity contribution in [1.29, 1.82) is 0 Å². The second kappa shape index (κ2) is 11.4. The summed E-state index contributed by atoms with van der Waals surface area (Å²) in [6.45, 7) is 2.82. The minimum atomic E-state index is -8.73. The van der Waals surface area contributed by atoms with Crippen LogP contribution < -0.4 is 10.0 Å². The smallest absolute Gasteiger partial charge is 0.321 e. The van der Waals surface area contributed by atoms with Gasteiger partial charge in [0.25, 0.3) is 10.0 Å². The first-order chi connectivity index (χ1) is 20.2. The van der Waals surface area contributed by atoms with Gasteiger partial charge < -0.3 is 5.32 Å². The quantitative estimate of drug-likeness (QED) is 0.179. The van der Waals surface area contributed by atoms with Crippen molar-refractivity contribution in [3.63, 3.8) is 0 Å². The third-order valence-electron chi connectivity index (χ3n) is 5.63. The number of nitrogens with one attached hydrogen (secondary N) is 2. The highest BCUT2D eigenvalue weighted by Crippen LogP contribution is 2.64. The summed E-state index contributed by atoms with van der Waals surface area (Å²) in [6.07, 6.45) is 0. The predicted molar refractivity (Wildman–Crippen MR) is 123 cm³/mol. The molecule has 46 heavy (non-hydrogen) atoms. The zero-order chi connectivity index (χ0) is 36.3. The Labute approximate surface area is 250 Å². The van der Waals surface area contributed by atoms with Crippen molar-refractivity contribution in [1.82, 2.24) is 9.97 Å². The zero-order valence-corrected chi connectivity index (χ0v) is 23.4. The molecular formula is C21H13ClF16N4O3S. The molecule has 2 N–H and O–H groups in total. The molecule has 260 valence electrons. The maximum absolute atomic E-state index is 14.2. The van der Waals surface area contributed by atoms with Crippen LogP contribution in [0.1, 0.15) is 11.5 Å². The molecule has 0 aliphatic carbocycles. The molecular weight excluding hydrogens is 728 g/mol. The average molecular weight is 741 g/mol. The Kier molecular flexibility index (Phi) is 9.66. The number of hydrogen-bond donors (Lipinski definition) is 2. The second-order valence-corrected chi connectivity index (χ2v) is 11.2. The lowest BCUT2D eigenvalue weighted by molar-refractivity contribution is -0.445. The van der Waals surface area contributed by atoms with E-state index in [2.05, 4.69) is 21.6 Å². The number of amides is 1. The fraction of sp³-hybridized carbons (Fsp3) is 0.476. The fourth-order valence-electron chi connectivity index (χ4n) is 3.20. The molecule has 1 heterocycles. The molecule has 0 unspecified atom stereocenters. The standard InChI is InChI=1S/C21H13ClF16N4O3S/c1-8-7-12(40-9(2)39-8)42-46(44,45)11-5-3-10(4-6-11)41-13(43)14(23,24)15(25,26)16(27,28)17(29,30)18(31,32)19(33,34)20(35,36)21(22,37)38/h3-7H,1-2H3,(H,41,43)(H,39,40,42). The highest BCUT2D eigenvalue weighted by molar-refractivity contribution is 7.92. The highest BCUT2D eigenvalue weighted by atomic mass is 35.5. The minimum absolute atomic E-state index is 0.101. The molecule has 0 bridgehead atoms. The average Bonchev–Trinajstić information content (AvgIpc) is 2.86. The van der Waals surface area contributed by atoms with Crippen LogP contribution >= 0.6 is 11.6 Å². The summed E-state index contributed by atoms with van der Waals surface area (Å²) in [5.74, 6) is -61.7. The molecule has 0 fully saturated rings. The van der Waals surface area contributed by atoms with E-state index in [0.29, 0.717) is 29.6 Å². The van der Waals surface area contributed by atoms with Gasteiger partial charge >= 0.3 is 52.7 Å². The van der Waals surface area contributed by atoms with Gasteiger partial charge in [0, 0.05) is 17.4 Å². The van der Waals surface area contributed by atoms with Crippen LogP contribution in [0.4, 0.5) is 81.8 Å². The third-order valence-corrected chi connectivity index (χ3v) is 7.24. The number of carbonyl (C=O) groups excluding carboxylic acids is 1. The van der Waals surface area contributed by atoms with Crippen LogP contribution in [-0.4, -0.2) is 71.1 Å². The van der Waals surface area contributed by atoms with Gasteiger partial charge in [0.2, 0.25) is 0 Å². The van der Waals surface area contributed by atoms with E-state index >= 15 is 0 Å². The van der Waals surface area contributed by atoms with Gasteiger partial charge in [0.1, 0.15) is 11.6 Å². The van der Waals surface area contributed by atoms with E-state index in [1.165, 1.54) is 13.8 Å². The van der Waals surface area contributed by atoms with E-state index in [0.717, 1.165) is 6.07 Å². The molecule has 7 nitrogen and oxygen atoms in total. The van der Waals surface area contributed by atoms with E-state index < -0.39 is 73.4 Å². The number of sulfonamides is 1. The molecule has 0 saturated heterocycles. The van der Waals surface area contributed by atoms with Crippen LogP contribution in [0.5, 0.6) is 0 Å². The molecule has 0 aliphatic rings. The van der Waals surface area contributed by atoms with E-state index in [9.17, 15) is 83.5 Å². The molecule has 25 heteroatoms. The number of nitrogens with zero attached hydrogens (tertiary/aromatic N) is 2. The number of carbonyl (C=O) groups is 1. The van der Waals surface area contributed by atoms with Gasteiger partial charge in [-0.15, -0.1) is 0 Å². The number of hydrogen-bond acceptors (Lipinski definition) is 5. The zero-order valence-electron chi connectivity index (χ0n) is 21.8. The lowest BCUT2D eigenvalue weighted by Gasteiger charge is -2.42. The molecule has 0 aliphatic heterocycles. The SMILES string of the molecule is Cc1cc(NS(=O)(=O)c2ccc(NC(=O)C(F)(F)C(F)(F)C(F)(F)C(F)(F)C(F)(F)C(F)(F)C(F)(F)C(F)(F)Cl)cc2)nc(C)n1. The number of rotatable bonds is 12. The van der Waals surface area contributed by atoms with E-state index in [1.54, 1.807) is 0 Å². The first-order valence-electron chi connectivity index (χ1n) is 11.2. The lowest BCUT2D eigenvalue weighted by atomic mass is 9.89. The number of aryl methyl sites for hydroxylation is 2. The van der Waals surface area contributed by atoms with Crippen molar-refractivity contribution in [2.24, 2.45) is 0 Å². The Balaban J connectivity index is 2.41. The normalized spacial score (nSPS) is 14.7. The van der Waals surface area contributed by atoms with Gasteiger partial charge in [-0.05, 0) is 49.7 Å². The molecule has 1 aromatic heterocycles. The Bertz CT molecular complexity index is 1560. The summed E-state index contributed by atoms with van der Waals surface area (Å²) in [7, 11) is -4.57. The number of aromatic nitrogens is 2. The summed E-state index contributed by atoms with van der Waals surface area (Å²) in [5, 5.41) is -6.21. The van der Waals surface area contributed by atoms with Crippen molar-refractivity contribution in [3.8, 4) is 0 Å². The van der Waals surface area contributed by atoms with Crippen LogP contribution in [0.3, 0.4) is 0 Å². The van der Waals surface area contributed by atoms with Crippen LogP contribution in [0.25, 0.3) is 0 Å². The van der Waals surface area contributed by atoms with Crippen molar-refractivity contribution in [3.05, 3.63) is 41.9 Å². The summed E-state index contributed by atoms with van der Waals surface area (Å²) in [5.41, 5.74) is -0.888. The number of benzene rings is 1. The maximum Gasteiger partial charge on any atom is 0.393 e. The van der Waals surface area contributed by atoms with Gasteiger partial charge in [-0.2, -0.15) is 70.2 Å². The first kappa shape index (κ1) is 38.9. The summed E-state index contributed by atoms with van der Waals surface area (Å²) < 4.78 is 245. The van der Waals surface area contributed by atoms with Crippen LogP contribution in [0.2, 0.25) is 0 Å². The highest BCUT2D eigenvalue weighted by Gasteiger charge is 2.95. The predicted octanol–water partition coefficient (Wildman–Crippen LogP) is 7.11. The minimum Gasteiger partial charge on any atom is -0.321 e. The van der Waals surface area contributed by atoms with Crippen molar-refractivity contribution >= 4 is 39.0 Å². The maximum atomic E-state index is 14.2. The Morgan fingerprint density at radius 1 is 0.674 bits per heavy atom. The molecule has 0 radical (unpaired) electrons. The van der Waals surface area contributed by atoms with Gasteiger partial charge in [0.15, 0.2) is 0 Å². The summed E-state index contributed by atoms with van der Waals surface area (Å²) >= 11 is 3.45. The summed E-state index contributed by atoms with van der Waals surface area (Å²) in [6, 6.07) is 2.73. The molecule has 2 aromatic rings. The topological polar surface area (TPSA) is 101 Å². The van der Waals surface area contributed by atoms with Gasteiger partial charge in [-0.25, -0.2) is 18.4 Å².